The zero-order valence-corrected chi connectivity index (χ0v) is 13.4. The molecule has 0 fully saturated rings. The molecule has 1 atom stereocenters. The number of carbonyl (C=O) groups excluding carboxylic acids is 1. The first-order valence-electron chi connectivity index (χ1n) is 6.52. The van der Waals surface area contributed by atoms with Crippen molar-refractivity contribution in [1.82, 2.24) is 5.32 Å². The molecule has 1 aromatic carbocycles. The molecule has 0 saturated carbocycles. The molecule has 112 valence electrons. The largest absolute Gasteiger partial charge is 0.350 e. The minimum absolute atomic E-state index is 0.112. The van der Waals surface area contributed by atoms with Gasteiger partial charge in [0.1, 0.15) is 0 Å². The zero-order valence-electron chi connectivity index (χ0n) is 12.6. The second-order valence-electron chi connectivity index (χ2n) is 5.01. The van der Waals surface area contributed by atoms with Crippen molar-refractivity contribution in [3.63, 3.8) is 0 Å². The van der Waals surface area contributed by atoms with Gasteiger partial charge in [-0.15, -0.1) is 0 Å². The van der Waals surface area contributed by atoms with Gasteiger partial charge in [-0.05, 0) is 44.0 Å². The molecule has 20 heavy (non-hydrogen) atoms. The van der Waals surface area contributed by atoms with Crippen molar-refractivity contribution in [1.29, 1.82) is 0 Å². The Bertz CT molecular complexity index is 596. The highest BCUT2D eigenvalue weighted by Gasteiger charge is 2.16. The van der Waals surface area contributed by atoms with E-state index in [1.807, 2.05) is 13.8 Å². The summed E-state index contributed by atoms with van der Waals surface area (Å²) in [4.78, 5) is 12.0. The van der Waals surface area contributed by atoms with Gasteiger partial charge >= 0.3 is 0 Å². The van der Waals surface area contributed by atoms with E-state index >= 15 is 0 Å². The third-order valence-corrected chi connectivity index (χ3v) is 4.48. The number of benzene rings is 1. The Labute approximate surface area is 121 Å². The summed E-state index contributed by atoms with van der Waals surface area (Å²) in [5.74, 6) is -0.143. The van der Waals surface area contributed by atoms with E-state index in [2.05, 4.69) is 5.32 Å². The molecule has 0 unspecified atom stereocenters. The van der Waals surface area contributed by atoms with Crippen LogP contribution in [-0.2, 0) is 10.0 Å². The smallest absolute Gasteiger partial charge is 0.251 e. The van der Waals surface area contributed by atoms with E-state index in [-0.39, 0.29) is 11.9 Å². The standard InChI is InChI=1S/C14H22N2O3S/c1-6-11(3)15-14(17)12-7-8-13(10(2)9-12)16(4)20(5,18)19/h7-9,11H,6H2,1-5H3,(H,15,17)/t11-/m1/s1. The van der Waals surface area contributed by atoms with Crippen molar-refractivity contribution in [3.8, 4) is 0 Å². The molecule has 0 saturated heterocycles. The summed E-state index contributed by atoms with van der Waals surface area (Å²) in [7, 11) is -1.81. The van der Waals surface area contributed by atoms with Crippen LogP contribution in [0.4, 0.5) is 5.69 Å². The van der Waals surface area contributed by atoms with E-state index in [0.29, 0.717) is 11.3 Å². The molecular formula is C14H22N2O3S. The van der Waals surface area contributed by atoms with Crippen LogP contribution in [-0.4, -0.2) is 33.7 Å². The van der Waals surface area contributed by atoms with Crippen LogP contribution in [0.1, 0.15) is 36.2 Å². The Morgan fingerprint density at radius 1 is 1.40 bits per heavy atom. The van der Waals surface area contributed by atoms with Crippen LogP contribution in [0.2, 0.25) is 0 Å². The molecule has 6 heteroatoms. The number of hydrogen-bond donors (Lipinski definition) is 1. The molecule has 0 aromatic heterocycles. The van der Waals surface area contributed by atoms with Gasteiger partial charge in [-0.3, -0.25) is 9.10 Å². The summed E-state index contributed by atoms with van der Waals surface area (Å²) >= 11 is 0. The maximum absolute atomic E-state index is 12.0. The van der Waals surface area contributed by atoms with Crippen LogP contribution in [0.3, 0.4) is 0 Å². The highest BCUT2D eigenvalue weighted by molar-refractivity contribution is 7.92. The van der Waals surface area contributed by atoms with E-state index in [1.54, 1.807) is 25.1 Å². The molecule has 0 aliphatic heterocycles. The maximum atomic E-state index is 12.0. The highest BCUT2D eigenvalue weighted by atomic mass is 32.2. The first-order valence-corrected chi connectivity index (χ1v) is 8.37. The summed E-state index contributed by atoms with van der Waals surface area (Å²) in [5.41, 5.74) is 1.86. The lowest BCUT2D eigenvalue weighted by Gasteiger charge is -2.19. The number of rotatable bonds is 5. The highest BCUT2D eigenvalue weighted by Crippen LogP contribution is 2.22. The normalized spacial score (nSPS) is 12.8. The maximum Gasteiger partial charge on any atom is 0.251 e. The van der Waals surface area contributed by atoms with Gasteiger partial charge in [0.15, 0.2) is 0 Å². The second kappa shape index (κ2) is 6.26. The fourth-order valence-corrected chi connectivity index (χ4v) is 2.30. The van der Waals surface area contributed by atoms with E-state index in [4.69, 9.17) is 0 Å². The molecule has 0 aliphatic carbocycles. The van der Waals surface area contributed by atoms with Crippen molar-refractivity contribution in [2.24, 2.45) is 0 Å². The van der Waals surface area contributed by atoms with Crippen LogP contribution >= 0.6 is 0 Å². The van der Waals surface area contributed by atoms with E-state index in [0.717, 1.165) is 18.2 Å². The van der Waals surface area contributed by atoms with Gasteiger partial charge in [0, 0.05) is 18.7 Å². The van der Waals surface area contributed by atoms with E-state index < -0.39 is 10.0 Å². The van der Waals surface area contributed by atoms with Gasteiger partial charge in [0.25, 0.3) is 5.91 Å². The van der Waals surface area contributed by atoms with Crippen molar-refractivity contribution >= 4 is 21.6 Å². The predicted octanol–water partition coefficient (Wildman–Crippen LogP) is 1.92. The average Bonchev–Trinajstić information content (AvgIpc) is 2.36. The van der Waals surface area contributed by atoms with Crippen LogP contribution in [0.25, 0.3) is 0 Å². The molecule has 0 spiro atoms. The molecule has 5 nitrogen and oxygen atoms in total. The number of aryl methyl sites for hydroxylation is 1. The molecule has 1 aromatic rings. The van der Waals surface area contributed by atoms with E-state index in [9.17, 15) is 13.2 Å². The summed E-state index contributed by atoms with van der Waals surface area (Å²) in [5, 5.41) is 2.88. The van der Waals surface area contributed by atoms with Gasteiger partial charge in [-0.2, -0.15) is 0 Å². The number of carbonyl (C=O) groups is 1. The Balaban J connectivity index is 3.02. The van der Waals surface area contributed by atoms with Crippen LogP contribution < -0.4 is 9.62 Å². The summed E-state index contributed by atoms with van der Waals surface area (Å²) in [6, 6.07) is 5.11. The lowest BCUT2D eigenvalue weighted by Crippen LogP contribution is -2.32. The molecule has 0 radical (unpaired) electrons. The molecule has 0 heterocycles. The Morgan fingerprint density at radius 2 is 2.00 bits per heavy atom. The number of hydrogen-bond acceptors (Lipinski definition) is 3. The van der Waals surface area contributed by atoms with Crippen molar-refractivity contribution in [3.05, 3.63) is 29.3 Å². The van der Waals surface area contributed by atoms with E-state index in [1.165, 1.54) is 11.4 Å². The minimum atomic E-state index is -3.30. The monoisotopic (exact) mass is 298 g/mol. The quantitative estimate of drug-likeness (QED) is 0.903. The van der Waals surface area contributed by atoms with Gasteiger partial charge in [0.05, 0.1) is 11.9 Å². The van der Waals surface area contributed by atoms with Crippen molar-refractivity contribution < 1.29 is 13.2 Å². The fraction of sp³-hybridized carbons (Fsp3) is 0.500. The second-order valence-corrected chi connectivity index (χ2v) is 7.03. The summed E-state index contributed by atoms with van der Waals surface area (Å²) < 4.78 is 24.3. The van der Waals surface area contributed by atoms with Gasteiger partial charge in [-0.1, -0.05) is 6.92 Å². The molecule has 1 amide bonds. The van der Waals surface area contributed by atoms with Crippen LogP contribution in [0.5, 0.6) is 0 Å². The molecule has 1 N–H and O–H groups in total. The lowest BCUT2D eigenvalue weighted by molar-refractivity contribution is 0.0939. The Kier molecular flexibility index (Phi) is 5.16. The number of nitrogens with one attached hydrogen (secondary N) is 1. The number of sulfonamides is 1. The number of anilines is 1. The summed E-state index contributed by atoms with van der Waals surface area (Å²) in [6.07, 6.45) is 2.01. The average molecular weight is 298 g/mol. The van der Waals surface area contributed by atoms with Crippen LogP contribution in [0, 0.1) is 6.92 Å². The SMILES string of the molecule is CC[C@@H](C)NC(=O)c1ccc(N(C)S(C)(=O)=O)c(C)c1. The Hall–Kier alpha value is -1.56. The first kappa shape index (κ1) is 16.5. The first-order chi connectivity index (χ1) is 9.16. The number of nitrogens with zero attached hydrogens (tertiary/aromatic N) is 1. The molecule has 1 rings (SSSR count). The van der Waals surface area contributed by atoms with Gasteiger partial charge in [0.2, 0.25) is 10.0 Å². The molecule has 0 aliphatic rings. The van der Waals surface area contributed by atoms with Crippen LogP contribution in [0.15, 0.2) is 18.2 Å². The minimum Gasteiger partial charge on any atom is -0.350 e. The molecule has 0 bridgehead atoms. The van der Waals surface area contributed by atoms with Gasteiger partial charge < -0.3 is 5.32 Å². The fourth-order valence-electron chi connectivity index (χ4n) is 1.74. The predicted molar refractivity (Wildman–Crippen MR) is 81.6 cm³/mol. The summed E-state index contributed by atoms with van der Waals surface area (Å²) in [6.45, 7) is 5.73. The van der Waals surface area contributed by atoms with Gasteiger partial charge in [-0.25, -0.2) is 8.42 Å². The van der Waals surface area contributed by atoms with Crippen molar-refractivity contribution in [2.75, 3.05) is 17.6 Å². The third kappa shape index (κ3) is 3.96. The third-order valence-electron chi connectivity index (χ3n) is 3.29. The lowest BCUT2D eigenvalue weighted by atomic mass is 10.1. The molecular weight excluding hydrogens is 276 g/mol. The topological polar surface area (TPSA) is 66.5 Å². The van der Waals surface area contributed by atoms with Crippen molar-refractivity contribution in [2.45, 2.75) is 33.2 Å². The number of amides is 1. The zero-order chi connectivity index (χ0) is 15.5. The Morgan fingerprint density at radius 3 is 2.45 bits per heavy atom.